The number of benzene rings is 3. The third-order valence-electron chi connectivity index (χ3n) is 12.3. The van der Waals surface area contributed by atoms with Gasteiger partial charge in [-0.25, -0.2) is 0 Å². The molecule has 0 saturated heterocycles. The second-order valence-corrected chi connectivity index (χ2v) is 38.4. The molecule has 0 bridgehead atoms. The van der Waals surface area contributed by atoms with Crippen molar-refractivity contribution in [1.29, 1.82) is 0 Å². The van der Waals surface area contributed by atoms with E-state index in [4.69, 9.17) is 0 Å². The van der Waals surface area contributed by atoms with Crippen LogP contribution in [0.5, 0.6) is 0 Å². The van der Waals surface area contributed by atoms with Gasteiger partial charge in [0.05, 0.1) is 0 Å². The summed E-state index contributed by atoms with van der Waals surface area (Å²) in [7, 11) is -7.86. The summed E-state index contributed by atoms with van der Waals surface area (Å²) >= 11 is 2.50. The average molecular weight is 835 g/mol. The molecule has 0 radical (unpaired) electrons. The van der Waals surface area contributed by atoms with Gasteiger partial charge in [-0.1, -0.05) is 0 Å². The van der Waals surface area contributed by atoms with Crippen LogP contribution in [0, 0.1) is 41.5 Å². The second-order valence-electron chi connectivity index (χ2n) is 18.3. The van der Waals surface area contributed by atoms with Crippen molar-refractivity contribution in [3.63, 3.8) is 0 Å². The van der Waals surface area contributed by atoms with Crippen molar-refractivity contribution in [3.05, 3.63) is 90.4 Å². The standard InChI is InChI=1S/C42H63Si4.3ClH.Ti/c1-27-20-36(43(11,12)13)23-39(32(27)6)46(42(10)26-30(4)31(5)35(42)9,40-24-37(44(14,15)16)21-28(2)33(40)7)41-25-38(45(17,18)19)22-29(3)34(41)8;;;;/h20-25H,1-19H3;3*1H;/q;;;;+3/p-3. The molecule has 0 spiro atoms. The van der Waals surface area contributed by atoms with Crippen LogP contribution >= 0.6 is 0 Å². The Labute approximate surface area is 341 Å². The minimum absolute atomic E-state index is 0. The van der Waals surface area contributed by atoms with E-state index in [1.807, 2.05) is 0 Å². The summed E-state index contributed by atoms with van der Waals surface area (Å²) in [6, 6.07) is 16.0. The summed E-state index contributed by atoms with van der Waals surface area (Å²) in [5.74, 6) is 0. The Hall–Kier alpha value is -0.408. The van der Waals surface area contributed by atoms with Crippen LogP contribution in [0.1, 0.15) is 61.1 Å². The normalized spacial score (nSPS) is 17.1. The van der Waals surface area contributed by atoms with E-state index in [1.54, 1.807) is 40.6 Å². The summed E-state index contributed by atoms with van der Waals surface area (Å²) in [6.45, 7) is 47.4. The zero-order valence-corrected chi connectivity index (χ0v) is 42.4. The summed E-state index contributed by atoms with van der Waals surface area (Å²) < 4.78 is 1.58. The van der Waals surface area contributed by atoms with Crippen molar-refractivity contribution < 1.29 is 57.7 Å². The van der Waals surface area contributed by atoms with Crippen LogP contribution in [0.15, 0.2) is 57.0 Å². The first kappa shape index (κ1) is 47.6. The molecule has 0 heterocycles. The Morgan fingerprint density at radius 3 is 0.900 bits per heavy atom. The molecular weight excluding hydrogens is 771 g/mol. The van der Waals surface area contributed by atoms with E-state index in [9.17, 15) is 0 Å². The number of rotatable bonds is 7. The maximum atomic E-state index is 2.77. The summed E-state index contributed by atoms with van der Waals surface area (Å²) in [5, 5.41) is 9.63. The number of hydrogen-bond donors (Lipinski definition) is 0. The van der Waals surface area contributed by atoms with Gasteiger partial charge in [0.1, 0.15) is 0 Å². The first-order valence-corrected chi connectivity index (χ1v) is 31.0. The van der Waals surface area contributed by atoms with E-state index < -0.39 is 32.3 Å². The van der Waals surface area contributed by atoms with E-state index in [0.29, 0.717) is 0 Å². The summed E-state index contributed by atoms with van der Waals surface area (Å²) in [4.78, 5) is 0. The average Bonchev–Trinajstić information content (AvgIpc) is 3.09. The second kappa shape index (κ2) is 15.8. The van der Waals surface area contributed by atoms with Crippen LogP contribution < -0.4 is 68.3 Å². The molecule has 1 atom stereocenters. The molecule has 1 aliphatic rings. The Morgan fingerprint density at radius 2 is 0.700 bits per heavy atom. The van der Waals surface area contributed by atoms with E-state index in [2.05, 4.69) is 185 Å². The monoisotopic (exact) mass is 832 g/mol. The molecule has 8 heteroatoms. The maximum absolute atomic E-state index is 2.93. The number of hydrogen-bond acceptors (Lipinski definition) is 0. The molecule has 0 nitrogen and oxygen atoms in total. The number of allylic oxidation sites excluding steroid dienone is 4. The van der Waals surface area contributed by atoms with Crippen LogP contribution in [0.3, 0.4) is 0 Å². The Kier molecular flexibility index (Phi) is 15.0. The van der Waals surface area contributed by atoms with Gasteiger partial charge in [0.2, 0.25) is 0 Å². The quantitative estimate of drug-likeness (QED) is 0.225. The van der Waals surface area contributed by atoms with E-state index in [-0.39, 0.29) is 42.3 Å². The predicted octanol–water partition coefficient (Wildman–Crippen LogP) is -0.414. The van der Waals surface area contributed by atoms with Gasteiger partial charge in [-0.05, 0) is 0 Å². The van der Waals surface area contributed by atoms with Crippen molar-refractivity contribution >= 4 is 63.4 Å². The molecule has 0 N–H and O–H groups in total. The van der Waals surface area contributed by atoms with E-state index >= 15 is 0 Å². The zero-order chi connectivity index (χ0) is 36.0. The van der Waals surface area contributed by atoms with Crippen LogP contribution in [-0.2, 0) is 20.4 Å². The summed E-state index contributed by atoms with van der Waals surface area (Å²) in [6.07, 6.45) is 0. The molecule has 1 aliphatic carbocycles. The van der Waals surface area contributed by atoms with Gasteiger partial charge in [-0.2, -0.15) is 0 Å². The molecule has 0 aliphatic heterocycles. The fourth-order valence-corrected chi connectivity index (χ4v) is 20.9. The molecule has 0 saturated carbocycles. The molecule has 0 amide bonds. The van der Waals surface area contributed by atoms with Gasteiger partial charge in [-0.15, -0.1) is 0 Å². The van der Waals surface area contributed by atoms with Crippen LogP contribution in [-0.4, -0.2) is 32.3 Å². The van der Waals surface area contributed by atoms with E-state index in [1.165, 1.54) is 44.5 Å². The molecule has 1 unspecified atom stereocenters. The van der Waals surface area contributed by atoms with Gasteiger partial charge >= 0.3 is 307 Å². The van der Waals surface area contributed by atoms with Crippen molar-refractivity contribution in [2.24, 2.45) is 0 Å². The Bertz CT molecular complexity index is 1660. The summed E-state index contributed by atoms with van der Waals surface area (Å²) in [5.41, 5.74) is 13.5. The number of halogens is 3. The predicted molar refractivity (Wildman–Crippen MR) is 221 cm³/mol. The third-order valence-corrected chi connectivity index (χ3v) is 26.2. The fourth-order valence-electron chi connectivity index (χ4n) is 8.16. The minimum atomic E-state index is -2.93. The Balaban J connectivity index is 0.00000417. The van der Waals surface area contributed by atoms with Gasteiger partial charge in [0.15, 0.2) is 0 Å². The third kappa shape index (κ3) is 7.60. The minimum Gasteiger partial charge on any atom is -1.00 e. The molecular formula is C42H63Cl3Si4Ti. The largest absolute Gasteiger partial charge is 1.00 e. The van der Waals surface area contributed by atoms with Gasteiger partial charge in [0, 0.05) is 0 Å². The molecule has 272 valence electrons. The van der Waals surface area contributed by atoms with Crippen molar-refractivity contribution in [3.8, 4) is 0 Å². The van der Waals surface area contributed by atoms with E-state index in [0.717, 1.165) is 0 Å². The van der Waals surface area contributed by atoms with Crippen LogP contribution in [0.25, 0.3) is 0 Å². The zero-order valence-electron chi connectivity index (χ0n) is 34.6. The van der Waals surface area contributed by atoms with Crippen molar-refractivity contribution in [2.45, 2.75) is 133 Å². The fraction of sp³-hybridized carbons (Fsp3) is 0.476. The molecule has 0 aromatic heterocycles. The SMILES string of the molecule is CC1=C(C)C(C)([Si](c2cc([Si](C)(C)C)cc(C)c2C)(c2cc([Si](C)(C)C)cc(C)c2C)c2cc([Si](C)(C)C)cc(C)c2C)[C]([Ti+3])=C1C.[Cl-].[Cl-].[Cl-]. The van der Waals surface area contributed by atoms with Crippen molar-refractivity contribution in [2.75, 3.05) is 0 Å². The molecule has 4 rings (SSSR count). The topological polar surface area (TPSA) is 0 Å². The van der Waals surface area contributed by atoms with Gasteiger partial charge in [0.25, 0.3) is 0 Å². The van der Waals surface area contributed by atoms with Gasteiger partial charge < -0.3 is 37.2 Å². The molecule has 50 heavy (non-hydrogen) atoms. The first-order valence-electron chi connectivity index (χ1n) is 17.7. The Morgan fingerprint density at radius 1 is 0.440 bits per heavy atom. The van der Waals surface area contributed by atoms with Crippen LogP contribution in [0.2, 0.25) is 64.0 Å². The van der Waals surface area contributed by atoms with Gasteiger partial charge in [-0.3, -0.25) is 0 Å². The molecule has 0 fully saturated rings. The molecule has 3 aromatic carbocycles. The molecule has 3 aromatic rings. The van der Waals surface area contributed by atoms with Crippen molar-refractivity contribution in [1.82, 2.24) is 0 Å². The van der Waals surface area contributed by atoms with Crippen LogP contribution in [0.4, 0.5) is 0 Å². The number of aryl methyl sites for hydroxylation is 3. The first-order chi connectivity index (χ1) is 21.2. The smallest absolute Gasteiger partial charge is 1.00 e. The maximum Gasteiger partial charge on any atom is -1.00 e.